The van der Waals surface area contributed by atoms with E-state index in [4.69, 9.17) is 9.47 Å². The molecular formula is C11H21NO4. The minimum absolute atomic E-state index is 0.198. The Morgan fingerprint density at radius 2 is 1.94 bits per heavy atom. The predicted octanol–water partition coefficient (Wildman–Crippen LogP) is 0.871. The van der Waals surface area contributed by atoms with E-state index in [2.05, 4.69) is 5.32 Å². The number of carbonyl (C=O) groups excluding carboxylic acids is 2. The minimum atomic E-state index is -0.598. The van der Waals surface area contributed by atoms with Gasteiger partial charge in [0.1, 0.15) is 6.04 Å². The van der Waals surface area contributed by atoms with Gasteiger partial charge in [-0.15, -0.1) is 0 Å². The maximum atomic E-state index is 11.3. The summed E-state index contributed by atoms with van der Waals surface area (Å²) in [6, 6.07) is -0.598. The molecule has 0 aliphatic heterocycles. The summed E-state index contributed by atoms with van der Waals surface area (Å²) in [4.78, 5) is 22.5. The molecule has 1 amide bonds. The molecule has 0 heterocycles. The molecule has 0 aromatic heterocycles. The van der Waals surface area contributed by atoms with Crippen molar-refractivity contribution < 1.29 is 19.1 Å². The van der Waals surface area contributed by atoms with E-state index in [0.717, 1.165) is 6.42 Å². The Kier molecular flexibility index (Phi) is 8.52. The Hall–Kier alpha value is -1.10. The number of hydrogen-bond acceptors (Lipinski definition) is 4. The number of hydrogen-bond donors (Lipinski definition) is 1. The van der Waals surface area contributed by atoms with Gasteiger partial charge in [0.05, 0.1) is 13.2 Å². The molecular weight excluding hydrogens is 210 g/mol. The van der Waals surface area contributed by atoms with Crippen molar-refractivity contribution in [1.82, 2.24) is 5.32 Å². The van der Waals surface area contributed by atoms with E-state index in [9.17, 15) is 9.59 Å². The van der Waals surface area contributed by atoms with Gasteiger partial charge in [0.2, 0.25) is 5.91 Å². The van der Waals surface area contributed by atoms with Gasteiger partial charge in [0, 0.05) is 13.0 Å². The minimum Gasteiger partial charge on any atom is -0.464 e. The summed E-state index contributed by atoms with van der Waals surface area (Å²) in [5.41, 5.74) is 0. The first kappa shape index (κ1) is 14.9. The summed E-state index contributed by atoms with van der Waals surface area (Å²) >= 11 is 0. The summed E-state index contributed by atoms with van der Waals surface area (Å²) in [6.45, 7) is 6.69. The van der Waals surface area contributed by atoms with Crippen LogP contribution in [0.2, 0.25) is 0 Å². The second-order valence-corrected chi connectivity index (χ2v) is 3.40. The van der Waals surface area contributed by atoms with Crippen LogP contribution in [0.15, 0.2) is 0 Å². The Balaban J connectivity index is 3.65. The molecule has 0 fully saturated rings. The molecule has 0 saturated carbocycles. The van der Waals surface area contributed by atoms with Gasteiger partial charge in [0.15, 0.2) is 0 Å². The highest BCUT2D eigenvalue weighted by Crippen LogP contribution is 1.91. The van der Waals surface area contributed by atoms with E-state index >= 15 is 0 Å². The molecule has 0 rings (SSSR count). The molecule has 0 saturated heterocycles. The van der Waals surface area contributed by atoms with Crippen LogP contribution in [0.1, 0.15) is 33.6 Å². The van der Waals surface area contributed by atoms with E-state index in [1.54, 1.807) is 13.8 Å². The molecule has 5 heteroatoms. The van der Waals surface area contributed by atoms with Crippen LogP contribution in [-0.2, 0) is 19.1 Å². The monoisotopic (exact) mass is 231 g/mol. The largest absolute Gasteiger partial charge is 0.464 e. The van der Waals surface area contributed by atoms with Crippen molar-refractivity contribution >= 4 is 11.9 Å². The SMILES string of the molecule is CCCOCCC(=O)NC(C)C(=O)OCC. The van der Waals surface area contributed by atoms with Crippen LogP contribution in [0.4, 0.5) is 0 Å². The van der Waals surface area contributed by atoms with Crippen molar-refractivity contribution in [3.05, 3.63) is 0 Å². The highest BCUT2D eigenvalue weighted by molar-refractivity contribution is 5.84. The molecule has 0 spiro atoms. The lowest BCUT2D eigenvalue weighted by Gasteiger charge is -2.12. The summed E-state index contributed by atoms with van der Waals surface area (Å²) in [5, 5.41) is 2.55. The van der Waals surface area contributed by atoms with Crippen LogP contribution < -0.4 is 5.32 Å². The first-order valence-electron chi connectivity index (χ1n) is 5.65. The Morgan fingerprint density at radius 1 is 1.25 bits per heavy atom. The highest BCUT2D eigenvalue weighted by atomic mass is 16.5. The Morgan fingerprint density at radius 3 is 2.50 bits per heavy atom. The average molecular weight is 231 g/mol. The quantitative estimate of drug-likeness (QED) is 0.497. The summed E-state index contributed by atoms with van der Waals surface area (Å²) in [7, 11) is 0. The summed E-state index contributed by atoms with van der Waals surface area (Å²) in [5.74, 6) is -0.609. The van der Waals surface area contributed by atoms with Gasteiger partial charge in [-0.3, -0.25) is 4.79 Å². The van der Waals surface area contributed by atoms with E-state index < -0.39 is 12.0 Å². The van der Waals surface area contributed by atoms with E-state index in [-0.39, 0.29) is 12.3 Å². The number of rotatable bonds is 8. The van der Waals surface area contributed by atoms with Crippen molar-refractivity contribution in [3.63, 3.8) is 0 Å². The third-order valence-electron chi connectivity index (χ3n) is 1.84. The van der Waals surface area contributed by atoms with Crippen molar-refractivity contribution in [2.24, 2.45) is 0 Å². The number of amides is 1. The molecule has 0 aliphatic rings. The highest BCUT2D eigenvalue weighted by Gasteiger charge is 2.15. The molecule has 16 heavy (non-hydrogen) atoms. The van der Waals surface area contributed by atoms with Gasteiger partial charge >= 0.3 is 5.97 Å². The average Bonchev–Trinajstić information content (AvgIpc) is 2.24. The lowest BCUT2D eigenvalue weighted by atomic mass is 10.3. The first-order valence-corrected chi connectivity index (χ1v) is 5.65. The number of esters is 1. The van der Waals surface area contributed by atoms with E-state index in [1.807, 2.05) is 6.92 Å². The van der Waals surface area contributed by atoms with Crippen molar-refractivity contribution in [2.75, 3.05) is 19.8 Å². The van der Waals surface area contributed by atoms with Crippen molar-refractivity contribution in [1.29, 1.82) is 0 Å². The van der Waals surface area contributed by atoms with Gasteiger partial charge < -0.3 is 14.8 Å². The predicted molar refractivity (Wildman–Crippen MR) is 60.0 cm³/mol. The van der Waals surface area contributed by atoms with E-state index in [1.165, 1.54) is 0 Å². The van der Waals surface area contributed by atoms with E-state index in [0.29, 0.717) is 19.8 Å². The van der Waals surface area contributed by atoms with Crippen LogP contribution in [-0.4, -0.2) is 37.7 Å². The number of ether oxygens (including phenoxy) is 2. The molecule has 1 N–H and O–H groups in total. The van der Waals surface area contributed by atoms with Gasteiger partial charge in [0.25, 0.3) is 0 Å². The third-order valence-corrected chi connectivity index (χ3v) is 1.84. The van der Waals surface area contributed by atoms with Crippen LogP contribution in [0.5, 0.6) is 0 Å². The van der Waals surface area contributed by atoms with Crippen LogP contribution in [0.25, 0.3) is 0 Å². The molecule has 0 bridgehead atoms. The van der Waals surface area contributed by atoms with Crippen molar-refractivity contribution in [3.8, 4) is 0 Å². The maximum Gasteiger partial charge on any atom is 0.328 e. The number of nitrogens with one attached hydrogen (secondary N) is 1. The lowest BCUT2D eigenvalue weighted by molar-refractivity contribution is -0.147. The molecule has 94 valence electrons. The fourth-order valence-electron chi connectivity index (χ4n) is 1.05. The van der Waals surface area contributed by atoms with Gasteiger partial charge in [-0.25, -0.2) is 4.79 Å². The zero-order chi connectivity index (χ0) is 12.4. The summed E-state index contributed by atoms with van der Waals surface area (Å²) < 4.78 is 9.93. The molecule has 5 nitrogen and oxygen atoms in total. The maximum absolute atomic E-state index is 11.3. The normalized spacial score (nSPS) is 11.9. The second kappa shape index (κ2) is 9.15. The second-order valence-electron chi connectivity index (χ2n) is 3.40. The molecule has 1 atom stereocenters. The third kappa shape index (κ3) is 7.23. The fourth-order valence-corrected chi connectivity index (χ4v) is 1.05. The van der Waals surface area contributed by atoms with Crippen molar-refractivity contribution in [2.45, 2.75) is 39.7 Å². The van der Waals surface area contributed by atoms with Crippen LogP contribution in [0.3, 0.4) is 0 Å². The molecule has 0 aromatic carbocycles. The summed E-state index contributed by atoms with van der Waals surface area (Å²) in [6.07, 6.45) is 1.20. The van der Waals surface area contributed by atoms with Gasteiger partial charge in [-0.2, -0.15) is 0 Å². The molecule has 0 aliphatic carbocycles. The van der Waals surface area contributed by atoms with Crippen LogP contribution in [0, 0.1) is 0 Å². The fraction of sp³-hybridized carbons (Fsp3) is 0.818. The number of carbonyl (C=O) groups is 2. The van der Waals surface area contributed by atoms with Gasteiger partial charge in [-0.1, -0.05) is 6.92 Å². The zero-order valence-corrected chi connectivity index (χ0v) is 10.2. The topological polar surface area (TPSA) is 64.6 Å². The Labute approximate surface area is 96.5 Å². The zero-order valence-electron chi connectivity index (χ0n) is 10.2. The van der Waals surface area contributed by atoms with Crippen LogP contribution >= 0.6 is 0 Å². The molecule has 1 unspecified atom stereocenters. The van der Waals surface area contributed by atoms with Gasteiger partial charge in [-0.05, 0) is 20.3 Å². The molecule has 0 radical (unpaired) electrons. The smallest absolute Gasteiger partial charge is 0.328 e. The first-order chi connectivity index (χ1) is 7.61. The lowest BCUT2D eigenvalue weighted by Crippen LogP contribution is -2.39. The Bertz CT molecular complexity index is 218. The molecule has 0 aromatic rings. The standard InChI is InChI=1S/C11H21NO4/c1-4-7-15-8-6-10(13)12-9(3)11(14)16-5-2/h9H,4-8H2,1-3H3,(H,12,13).